The van der Waals surface area contributed by atoms with Gasteiger partial charge in [0.1, 0.15) is 0 Å². The molecule has 0 heterocycles. The van der Waals surface area contributed by atoms with Gasteiger partial charge in [0.15, 0.2) is 0 Å². The van der Waals surface area contributed by atoms with Gasteiger partial charge in [0.25, 0.3) is 0 Å². The second kappa shape index (κ2) is 4.74. The van der Waals surface area contributed by atoms with Crippen LogP contribution < -0.4 is 11.1 Å². The lowest BCUT2D eigenvalue weighted by atomic mass is 9.94. The van der Waals surface area contributed by atoms with Crippen molar-refractivity contribution in [1.82, 2.24) is 5.32 Å². The van der Waals surface area contributed by atoms with E-state index in [1.54, 1.807) is 0 Å². The Balaban J connectivity index is 1.88. The first-order valence-corrected chi connectivity index (χ1v) is 6.64. The third-order valence-electron chi connectivity index (χ3n) is 3.96. The highest BCUT2D eigenvalue weighted by atomic mass is 16.2. The predicted octanol–water partition coefficient (Wildman–Crippen LogP) is 1.52. The van der Waals surface area contributed by atoms with E-state index in [0.29, 0.717) is 18.5 Å². The van der Waals surface area contributed by atoms with E-state index in [0.717, 1.165) is 11.8 Å². The number of nitrogens with two attached hydrogens (primary N) is 1. The van der Waals surface area contributed by atoms with Gasteiger partial charge in [-0.15, -0.1) is 0 Å². The average molecular weight is 224 g/mol. The van der Waals surface area contributed by atoms with Crippen molar-refractivity contribution in [1.29, 1.82) is 0 Å². The number of carbonyl (C=O) groups is 1. The van der Waals surface area contributed by atoms with Crippen molar-refractivity contribution in [2.75, 3.05) is 6.54 Å². The Kier molecular flexibility index (Phi) is 3.53. The summed E-state index contributed by atoms with van der Waals surface area (Å²) in [5.41, 5.74) is 5.67. The third-order valence-corrected chi connectivity index (χ3v) is 3.96. The first-order chi connectivity index (χ1) is 7.63. The van der Waals surface area contributed by atoms with Crippen LogP contribution in [-0.2, 0) is 4.79 Å². The molecule has 0 aromatic heterocycles. The minimum Gasteiger partial charge on any atom is -0.353 e. The van der Waals surface area contributed by atoms with Crippen molar-refractivity contribution in [2.45, 2.75) is 45.6 Å². The van der Waals surface area contributed by atoms with Gasteiger partial charge in [-0.1, -0.05) is 13.8 Å². The molecule has 2 aliphatic carbocycles. The molecule has 92 valence electrons. The maximum Gasteiger partial charge on any atom is 0.224 e. The van der Waals surface area contributed by atoms with E-state index < -0.39 is 0 Å². The van der Waals surface area contributed by atoms with Crippen molar-refractivity contribution in [3.63, 3.8) is 0 Å². The lowest BCUT2D eigenvalue weighted by Gasteiger charge is -2.23. The third kappa shape index (κ3) is 2.76. The molecule has 1 atom stereocenters. The molecule has 0 aromatic carbocycles. The van der Waals surface area contributed by atoms with Crippen LogP contribution in [0.5, 0.6) is 0 Å². The van der Waals surface area contributed by atoms with Crippen molar-refractivity contribution in [3.05, 3.63) is 0 Å². The summed E-state index contributed by atoms with van der Waals surface area (Å²) in [5.74, 6) is 2.04. The van der Waals surface area contributed by atoms with E-state index in [2.05, 4.69) is 19.2 Å². The molecule has 2 saturated carbocycles. The highest BCUT2D eigenvalue weighted by Crippen LogP contribution is 2.44. The van der Waals surface area contributed by atoms with Crippen LogP contribution in [0.4, 0.5) is 0 Å². The summed E-state index contributed by atoms with van der Waals surface area (Å²) in [7, 11) is 0. The number of nitrogens with one attached hydrogen (secondary N) is 1. The molecule has 2 fully saturated rings. The largest absolute Gasteiger partial charge is 0.353 e. The number of carbonyl (C=O) groups excluding carboxylic acids is 1. The standard InChI is InChI=1S/C13H24N2O/c1-8(2)11(7-14)13(16)15-12(9-3-4-9)10-5-6-10/h8-12H,3-7,14H2,1-2H3,(H,15,16). The van der Waals surface area contributed by atoms with Gasteiger partial charge in [0, 0.05) is 12.6 Å². The van der Waals surface area contributed by atoms with E-state index in [-0.39, 0.29) is 11.8 Å². The molecular weight excluding hydrogens is 200 g/mol. The highest BCUT2D eigenvalue weighted by Gasteiger charge is 2.42. The molecule has 0 bridgehead atoms. The molecule has 1 amide bonds. The molecule has 3 nitrogen and oxygen atoms in total. The molecular formula is C13H24N2O. The average Bonchev–Trinajstić information content (AvgIpc) is 3.07. The minimum atomic E-state index is -0.0139. The van der Waals surface area contributed by atoms with Crippen LogP contribution in [0.25, 0.3) is 0 Å². The zero-order valence-corrected chi connectivity index (χ0v) is 10.4. The van der Waals surface area contributed by atoms with Gasteiger partial charge in [-0.3, -0.25) is 4.79 Å². The Morgan fingerprint density at radius 2 is 1.75 bits per heavy atom. The Hall–Kier alpha value is -0.570. The molecule has 0 spiro atoms. The van der Waals surface area contributed by atoms with Gasteiger partial charge in [-0.25, -0.2) is 0 Å². The Morgan fingerprint density at radius 1 is 1.25 bits per heavy atom. The van der Waals surface area contributed by atoms with Crippen LogP contribution in [0.15, 0.2) is 0 Å². The van der Waals surface area contributed by atoms with Crippen LogP contribution in [0.3, 0.4) is 0 Å². The van der Waals surface area contributed by atoms with Gasteiger partial charge in [0.2, 0.25) is 5.91 Å². The number of rotatable bonds is 6. The van der Waals surface area contributed by atoms with Gasteiger partial charge in [-0.05, 0) is 43.4 Å². The zero-order valence-electron chi connectivity index (χ0n) is 10.4. The van der Waals surface area contributed by atoms with E-state index in [1.807, 2.05) is 0 Å². The van der Waals surface area contributed by atoms with E-state index in [1.165, 1.54) is 25.7 Å². The number of hydrogen-bond donors (Lipinski definition) is 2. The molecule has 1 unspecified atom stereocenters. The molecule has 3 heteroatoms. The lowest BCUT2D eigenvalue weighted by molar-refractivity contribution is -0.127. The minimum absolute atomic E-state index is 0.0139. The SMILES string of the molecule is CC(C)C(CN)C(=O)NC(C1CC1)C1CC1. The lowest BCUT2D eigenvalue weighted by Crippen LogP contribution is -2.45. The smallest absolute Gasteiger partial charge is 0.224 e. The Labute approximate surface area is 98.2 Å². The van der Waals surface area contributed by atoms with Crippen LogP contribution >= 0.6 is 0 Å². The van der Waals surface area contributed by atoms with Gasteiger partial charge in [-0.2, -0.15) is 0 Å². The first kappa shape index (κ1) is 11.9. The van der Waals surface area contributed by atoms with Crippen LogP contribution in [0.1, 0.15) is 39.5 Å². The van der Waals surface area contributed by atoms with Crippen molar-refractivity contribution >= 4 is 5.91 Å². The van der Waals surface area contributed by atoms with E-state index in [9.17, 15) is 4.79 Å². The molecule has 2 rings (SSSR count). The Bertz CT molecular complexity index is 245. The first-order valence-electron chi connectivity index (χ1n) is 6.64. The predicted molar refractivity (Wildman–Crippen MR) is 64.8 cm³/mol. The summed E-state index contributed by atoms with van der Waals surface area (Å²) in [6.07, 6.45) is 5.21. The molecule has 0 aromatic rings. The quantitative estimate of drug-likeness (QED) is 0.718. The number of hydrogen-bond acceptors (Lipinski definition) is 2. The van der Waals surface area contributed by atoms with Gasteiger partial charge >= 0.3 is 0 Å². The van der Waals surface area contributed by atoms with Crippen LogP contribution in [0.2, 0.25) is 0 Å². The van der Waals surface area contributed by atoms with Crippen molar-refractivity contribution in [2.24, 2.45) is 29.4 Å². The molecule has 2 aliphatic rings. The van der Waals surface area contributed by atoms with E-state index in [4.69, 9.17) is 5.73 Å². The maximum atomic E-state index is 12.1. The Morgan fingerprint density at radius 3 is 2.06 bits per heavy atom. The fourth-order valence-electron chi connectivity index (χ4n) is 2.48. The topological polar surface area (TPSA) is 55.1 Å². The van der Waals surface area contributed by atoms with Crippen molar-refractivity contribution < 1.29 is 4.79 Å². The zero-order chi connectivity index (χ0) is 11.7. The summed E-state index contributed by atoms with van der Waals surface area (Å²) in [4.78, 5) is 12.1. The summed E-state index contributed by atoms with van der Waals surface area (Å²) < 4.78 is 0. The van der Waals surface area contributed by atoms with Gasteiger partial charge < -0.3 is 11.1 Å². The second-order valence-electron chi connectivity index (χ2n) is 5.80. The molecule has 16 heavy (non-hydrogen) atoms. The number of amides is 1. The molecule has 0 radical (unpaired) electrons. The molecule has 0 aliphatic heterocycles. The van der Waals surface area contributed by atoms with Gasteiger partial charge in [0.05, 0.1) is 5.92 Å². The van der Waals surface area contributed by atoms with Crippen LogP contribution in [0, 0.1) is 23.7 Å². The molecule has 3 N–H and O–H groups in total. The monoisotopic (exact) mass is 224 g/mol. The normalized spacial score (nSPS) is 22.6. The summed E-state index contributed by atoms with van der Waals surface area (Å²) in [6.45, 7) is 4.60. The van der Waals surface area contributed by atoms with Crippen LogP contribution in [-0.4, -0.2) is 18.5 Å². The fraction of sp³-hybridized carbons (Fsp3) is 0.923. The fourth-order valence-corrected chi connectivity index (χ4v) is 2.48. The molecule has 0 saturated heterocycles. The van der Waals surface area contributed by atoms with E-state index >= 15 is 0 Å². The summed E-state index contributed by atoms with van der Waals surface area (Å²) in [5, 5.41) is 3.25. The van der Waals surface area contributed by atoms with Crippen molar-refractivity contribution in [3.8, 4) is 0 Å². The maximum absolute atomic E-state index is 12.1. The highest BCUT2D eigenvalue weighted by molar-refractivity contribution is 5.79. The summed E-state index contributed by atoms with van der Waals surface area (Å²) in [6, 6.07) is 0.459. The summed E-state index contributed by atoms with van der Waals surface area (Å²) >= 11 is 0. The second-order valence-corrected chi connectivity index (χ2v) is 5.80.